The molecule has 140 valence electrons. The van der Waals surface area contributed by atoms with Gasteiger partial charge in [0.1, 0.15) is 0 Å². The van der Waals surface area contributed by atoms with Gasteiger partial charge >= 0.3 is 0 Å². The molecule has 0 amide bonds. The smallest absolute Gasteiger partial charge is 0.0284 e. The fourth-order valence-electron chi connectivity index (χ4n) is 4.37. The molecule has 0 spiro atoms. The largest absolute Gasteiger partial charge is 0.0720 e. The average Bonchev–Trinajstić information content (AvgIpc) is 3.42. The number of rotatable bonds is 5. The Labute approximate surface area is 174 Å². The van der Waals surface area contributed by atoms with Gasteiger partial charge < -0.3 is 0 Å². The third-order valence-electron chi connectivity index (χ3n) is 5.86. The Morgan fingerprint density at radius 1 is 0.621 bits per heavy atom. The van der Waals surface area contributed by atoms with Crippen LogP contribution in [0, 0.1) is 0 Å². The quantitative estimate of drug-likeness (QED) is 0.463. The first-order valence-electron chi connectivity index (χ1n) is 10.3. The highest BCUT2D eigenvalue weighted by atomic mass is 28.2. The van der Waals surface area contributed by atoms with E-state index in [1.54, 1.807) is 5.17 Å². The highest BCUT2D eigenvalue weighted by Crippen LogP contribution is 2.37. The summed E-state index contributed by atoms with van der Waals surface area (Å²) in [6.07, 6.45) is 11.9. The minimum absolute atomic E-state index is 0.400. The molecular formula is C28H24Si. The van der Waals surface area contributed by atoms with Crippen LogP contribution in [0.15, 0.2) is 115 Å². The number of benzene rings is 3. The van der Waals surface area contributed by atoms with Gasteiger partial charge in [-0.25, -0.2) is 0 Å². The molecular weight excluding hydrogens is 364 g/mol. The molecule has 0 saturated heterocycles. The summed E-state index contributed by atoms with van der Waals surface area (Å²) in [5.41, 5.74) is 7.13. The van der Waals surface area contributed by atoms with E-state index in [9.17, 15) is 0 Å². The van der Waals surface area contributed by atoms with Gasteiger partial charge in [-0.05, 0) is 45.1 Å². The molecule has 0 nitrogen and oxygen atoms in total. The maximum atomic E-state index is 2.48. The Morgan fingerprint density at radius 2 is 1.24 bits per heavy atom. The second-order valence-electron chi connectivity index (χ2n) is 7.83. The Kier molecular flexibility index (Phi) is 5.06. The Hall–Kier alpha value is -3.03. The van der Waals surface area contributed by atoms with Crippen molar-refractivity contribution in [2.24, 2.45) is 0 Å². The van der Waals surface area contributed by atoms with Crippen molar-refractivity contribution in [2.45, 2.75) is 18.0 Å². The lowest BCUT2D eigenvalue weighted by Crippen LogP contribution is -2.19. The molecule has 2 aliphatic carbocycles. The van der Waals surface area contributed by atoms with E-state index in [2.05, 4.69) is 115 Å². The lowest BCUT2D eigenvalue weighted by Gasteiger charge is -2.12. The summed E-state index contributed by atoms with van der Waals surface area (Å²) in [5, 5.41) is 1.55. The summed E-state index contributed by atoms with van der Waals surface area (Å²) in [7, 11) is -0.736. The van der Waals surface area contributed by atoms with E-state index < -0.39 is 8.41 Å². The minimum atomic E-state index is -0.736. The molecule has 0 aromatic heterocycles. The van der Waals surface area contributed by atoms with Crippen LogP contribution >= 0.6 is 0 Å². The molecule has 0 aliphatic heterocycles. The molecule has 29 heavy (non-hydrogen) atoms. The van der Waals surface area contributed by atoms with Gasteiger partial charge in [0.05, 0.1) is 0 Å². The predicted octanol–water partition coefficient (Wildman–Crippen LogP) is 6.11. The van der Waals surface area contributed by atoms with E-state index in [0.29, 0.717) is 5.92 Å². The van der Waals surface area contributed by atoms with Gasteiger partial charge in [0.25, 0.3) is 0 Å². The first kappa shape index (κ1) is 18.0. The number of hydrogen-bond acceptors (Lipinski definition) is 0. The maximum absolute atomic E-state index is 2.48. The van der Waals surface area contributed by atoms with Crippen molar-refractivity contribution >= 4 is 19.7 Å². The number of allylic oxidation sites excluding steroid dienone is 5. The van der Waals surface area contributed by atoms with Crippen LogP contribution < -0.4 is 0 Å². The highest BCUT2D eigenvalue weighted by molar-refractivity contribution is 6.74. The van der Waals surface area contributed by atoms with E-state index in [0.717, 1.165) is 0 Å². The third-order valence-corrected chi connectivity index (χ3v) is 8.66. The van der Waals surface area contributed by atoms with Crippen LogP contribution in [0.4, 0.5) is 0 Å². The van der Waals surface area contributed by atoms with Crippen LogP contribution in [0.5, 0.6) is 0 Å². The monoisotopic (exact) mass is 388 g/mol. The maximum Gasteiger partial charge on any atom is 0.0284 e. The molecule has 2 aliphatic rings. The summed E-state index contributed by atoms with van der Waals surface area (Å²) in [5.74, 6) is 0.400. The first-order chi connectivity index (χ1) is 14.4. The second kappa shape index (κ2) is 8.14. The van der Waals surface area contributed by atoms with Gasteiger partial charge in [0.2, 0.25) is 0 Å². The van der Waals surface area contributed by atoms with E-state index >= 15 is 0 Å². The van der Waals surface area contributed by atoms with Crippen molar-refractivity contribution in [1.82, 2.24) is 0 Å². The molecule has 1 atom stereocenters. The first-order valence-corrected chi connectivity index (χ1v) is 12.2. The normalized spacial score (nSPS) is 16.8. The van der Waals surface area contributed by atoms with Gasteiger partial charge in [0, 0.05) is 14.3 Å². The van der Waals surface area contributed by atoms with Crippen LogP contribution in [0.2, 0.25) is 0 Å². The standard InChI is InChI=1S/C28H24Si/c1-3-9-22(10-4-1)20-29(21-23-11-5-2-6-12-23)26-17-15-25(19-26)28-18-16-24-13-7-8-14-27(24)28/h1-19,28H,20-21H2. The van der Waals surface area contributed by atoms with Crippen LogP contribution in [0.1, 0.15) is 28.2 Å². The van der Waals surface area contributed by atoms with Crippen LogP contribution in [-0.2, 0) is 12.1 Å². The van der Waals surface area contributed by atoms with Crippen molar-refractivity contribution in [1.29, 1.82) is 0 Å². The molecule has 0 radical (unpaired) electrons. The van der Waals surface area contributed by atoms with Gasteiger partial charge in [-0.3, -0.25) is 0 Å². The summed E-state index contributed by atoms with van der Waals surface area (Å²) in [6.45, 7) is 0. The van der Waals surface area contributed by atoms with Crippen molar-refractivity contribution in [2.75, 3.05) is 0 Å². The fourth-order valence-corrected chi connectivity index (χ4v) is 7.05. The summed E-state index contributed by atoms with van der Waals surface area (Å²) in [4.78, 5) is 0. The van der Waals surface area contributed by atoms with Crippen molar-refractivity contribution in [3.05, 3.63) is 137 Å². The highest BCUT2D eigenvalue weighted by Gasteiger charge is 2.22. The average molecular weight is 389 g/mol. The minimum Gasteiger partial charge on any atom is -0.0720 e. The number of fused-ring (bicyclic) bond motifs is 1. The topological polar surface area (TPSA) is 0 Å². The van der Waals surface area contributed by atoms with E-state index in [1.165, 1.54) is 39.9 Å². The molecule has 1 unspecified atom stereocenters. The SMILES string of the molecule is C1=CC(=[Si](Cc2ccccc2)Cc2ccccc2)C=C1C1C=Cc2ccccc21. The molecule has 0 N–H and O–H groups in total. The Balaban J connectivity index is 1.49. The lowest BCUT2D eigenvalue weighted by molar-refractivity contribution is 1.06. The molecule has 1 heteroatoms. The second-order valence-corrected chi connectivity index (χ2v) is 10.3. The predicted molar refractivity (Wildman–Crippen MR) is 126 cm³/mol. The van der Waals surface area contributed by atoms with Crippen LogP contribution in [0.3, 0.4) is 0 Å². The fraction of sp³-hybridized carbons (Fsp3) is 0.107. The lowest BCUT2D eigenvalue weighted by atomic mass is 9.94. The number of hydrogen-bond donors (Lipinski definition) is 0. The van der Waals surface area contributed by atoms with Crippen LogP contribution in [0.25, 0.3) is 6.08 Å². The van der Waals surface area contributed by atoms with Crippen LogP contribution in [-0.4, -0.2) is 13.6 Å². The Bertz CT molecular complexity index is 1090. The molecule has 0 fully saturated rings. The zero-order valence-corrected chi connectivity index (χ0v) is 17.5. The zero-order valence-electron chi connectivity index (χ0n) is 16.5. The van der Waals surface area contributed by atoms with Gasteiger partial charge in [-0.1, -0.05) is 115 Å². The molecule has 3 aromatic rings. The molecule has 0 bridgehead atoms. The third kappa shape index (κ3) is 3.92. The van der Waals surface area contributed by atoms with Gasteiger partial charge in [-0.15, -0.1) is 0 Å². The van der Waals surface area contributed by atoms with Gasteiger partial charge in [0.15, 0.2) is 0 Å². The zero-order chi connectivity index (χ0) is 19.5. The molecule has 3 aromatic carbocycles. The summed E-state index contributed by atoms with van der Waals surface area (Å²) in [6, 6.07) is 33.1. The van der Waals surface area contributed by atoms with Crippen molar-refractivity contribution in [3.63, 3.8) is 0 Å². The summed E-state index contributed by atoms with van der Waals surface area (Å²) >= 11 is 0. The van der Waals surface area contributed by atoms with E-state index in [4.69, 9.17) is 0 Å². The Morgan fingerprint density at radius 3 is 1.93 bits per heavy atom. The summed E-state index contributed by atoms with van der Waals surface area (Å²) < 4.78 is 0. The van der Waals surface area contributed by atoms with Crippen molar-refractivity contribution < 1.29 is 0 Å². The van der Waals surface area contributed by atoms with E-state index in [1.807, 2.05) is 0 Å². The molecule has 0 heterocycles. The van der Waals surface area contributed by atoms with Crippen molar-refractivity contribution in [3.8, 4) is 0 Å². The van der Waals surface area contributed by atoms with E-state index in [-0.39, 0.29) is 0 Å². The van der Waals surface area contributed by atoms with Gasteiger partial charge in [-0.2, -0.15) is 0 Å². The molecule has 0 saturated carbocycles. The molecule has 5 rings (SSSR count).